The Bertz CT molecular complexity index is 1140. The van der Waals surface area contributed by atoms with Crippen LogP contribution in [0.4, 0.5) is 10.1 Å². The van der Waals surface area contributed by atoms with E-state index in [0.717, 1.165) is 0 Å². The highest BCUT2D eigenvalue weighted by atomic mass is 32.2. The molecule has 0 unspecified atom stereocenters. The van der Waals surface area contributed by atoms with E-state index in [2.05, 4.69) is 5.32 Å². The van der Waals surface area contributed by atoms with Gasteiger partial charge in [-0.3, -0.25) is 4.79 Å². The Hall–Kier alpha value is -3.23. The van der Waals surface area contributed by atoms with Gasteiger partial charge >= 0.3 is 0 Å². The minimum absolute atomic E-state index is 0.126. The Kier molecular flexibility index (Phi) is 7.04. The van der Waals surface area contributed by atoms with Crippen molar-refractivity contribution in [2.75, 3.05) is 19.5 Å². The average molecular weight is 443 g/mol. The molecule has 3 rings (SSSR count). The summed E-state index contributed by atoms with van der Waals surface area (Å²) in [5, 5.41) is 2.63. The zero-order valence-corrected chi connectivity index (χ0v) is 18.0. The minimum Gasteiger partial charge on any atom is -0.497 e. The van der Waals surface area contributed by atoms with Gasteiger partial charge in [-0.25, -0.2) is 12.8 Å². The molecule has 0 saturated heterocycles. The quantitative estimate of drug-likeness (QED) is 0.567. The molecule has 1 atom stereocenters. The van der Waals surface area contributed by atoms with Crippen molar-refractivity contribution in [3.8, 4) is 5.75 Å². The molecule has 1 amide bonds. The Labute approximate surface area is 181 Å². The van der Waals surface area contributed by atoms with Crippen LogP contribution in [0.1, 0.15) is 18.0 Å². The van der Waals surface area contributed by atoms with Crippen LogP contribution < -0.4 is 10.1 Å². The highest BCUT2D eigenvalue weighted by Crippen LogP contribution is 2.30. The first-order valence-electron chi connectivity index (χ1n) is 9.53. The van der Waals surface area contributed by atoms with Gasteiger partial charge < -0.3 is 10.1 Å². The predicted octanol–water partition coefficient (Wildman–Crippen LogP) is 4.22. The highest BCUT2D eigenvalue weighted by molar-refractivity contribution is 7.89. The molecule has 0 radical (unpaired) electrons. The van der Waals surface area contributed by atoms with E-state index in [0.29, 0.717) is 17.0 Å². The first-order chi connectivity index (χ1) is 14.8. The van der Waals surface area contributed by atoms with Crippen LogP contribution in [0, 0.1) is 5.82 Å². The molecule has 3 aromatic rings. The van der Waals surface area contributed by atoms with Gasteiger partial charge in [0.1, 0.15) is 11.6 Å². The number of rotatable bonds is 8. The predicted molar refractivity (Wildman–Crippen MR) is 117 cm³/mol. The van der Waals surface area contributed by atoms with E-state index in [-0.39, 0.29) is 11.3 Å². The summed E-state index contributed by atoms with van der Waals surface area (Å²) in [5.41, 5.74) is 0.921. The zero-order valence-electron chi connectivity index (χ0n) is 17.2. The van der Waals surface area contributed by atoms with Crippen molar-refractivity contribution in [2.24, 2.45) is 0 Å². The number of hydrogen-bond donors (Lipinski definition) is 1. The fourth-order valence-corrected chi connectivity index (χ4v) is 4.53. The van der Waals surface area contributed by atoms with Gasteiger partial charge in [0.05, 0.1) is 18.0 Å². The summed E-state index contributed by atoms with van der Waals surface area (Å²) in [5.74, 6) is -0.310. The first kappa shape index (κ1) is 22.5. The molecule has 0 aliphatic rings. The molecule has 0 aromatic heterocycles. The van der Waals surface area contributed by atoms with Crippen molar-refractivity contribution in [1.29, 1.82) is 0 Å². The largest absolute Gasteiger partial charge is 0.497 e. The standard InChI is InChI=1S/C23H23FN2O4S/c1-26(31(28,29)21-9-4-3-5-10-21)22(17-11-13-20(30-2)14-12-17)16-23(27)25-19-8-6-7-18(24)15-19/h3-15,22H,16H2,1-2H3,(H,25,27)/t22-/m0/s1. The van der Waals surface area contributed by atoms with Gasteiger partial charge in [-0.1, -0.05) is 36.4 Å². The number of benzene rings is 3. The van der Waals surface area contributed by atoms with E-state index in [1.54, 1.807) is 48.5 Å². The molecule has 3 aromatic carbocycles. The van der Waals surface area contributed by atoms with Crippen LogP contribution in [-0.2, 0) is 14.8 Å². The second-order valence-corrected chi connectivity index (χ2v) is 8.88. The number of methoxy groups -OCH3 is 1. The third-order valence-electron chi connectivity index (χ3n) is 4.85. The number of ether oxygens (including phenoxy) is 1. The summed E-state index contributed by atoms with van der Waals surface area (Å²) >= 11 is 0. The van der Waals surface area contributed by atoms with E-state index in [9.17, 15) is 17.6 Å². The Morgan fingerprint density at radius 1 is 1.03 bits per heavy atom. The number of hydrogen-bond acceptors (Lipinski definition) is 4. The van der Waals surface area contributed by atoms with Crippen LogP contribution in [0.15, 0.2) is 83.8 Å². The molecule has 0 spiro atoms. The fraction of sp³-hybridized carbons (Fsp3) is 0.174. The number of halogens is 1. The molecule has 162 valence electrons. The second kappa shape index (κ2) is 9.72. The summed E-state index contributed by atoms with van der Waals surface area (Å²) in [7, 11) is -0.895. The minimum atomic E-state index is -3.87. The van der Waals surface area contributed by atoms with E-state index >= 15 is 0 Å². The number of carbonyl (C=O) groups excluding carboxylic acids is 1. The lowest BCUT2D eigenvalue weighted by Gasteiger charge is -2.28. The summed E-state index contributed by atoms with van der Waals surface area (Å²) in [6, 6.07) is 19.6. The molecule has 0 heterocycles. The highest BCUT2D eigenvalue weighted by Gasteiger charge is 2.31. The lowest BCUT2D eigenvalue weighted by molar-refractivity contribution is -0.117. The van der Waals surface area contributed by atoms with Crippen molar-refractivity contribution in [3.05, 3.63) is 90.2 Å². The fourth-order valence-electron chi connectivity index (χ4n) is 3.16. The summed E-state index contributed by atoms with van der Waals surface area (Å²) in [6.07, 6.45) is -0.161. The molecule has 0 aliphatic carbocycles. The van der Waals surface area contributed by atoms with Gasteiger partial charge in [0.15, 0.2) is 0 Å². The van der Waals surface area contributed by atoms with Crippen LogP contribution in [0.3, 0.4) is 0 Å². The summed E-state index contributed by atoms with van der Waals surface area (Å²) in [4.78, 5) is 12.8. The van der Waals surface area contributed by atoms with Crippen LogP contribution >= 0.6 is 0 Å². The zero-order chi connectivity index (χ0) is 22.4. The van der Waals surface area contributed by atoms with E-state index in [1.165, 1.54) is 48.8 Å². The molecule has 6 nitrogen and oxygen atoms in total. The van der Waals surface area contributed by atoms with Crippen molar-refractivity contribution < 1.29 is 22.3 Å². The maximum Gasteiger partial charge on any atom is 0.243 e. The number of anilines is 1. The molecular weight excluding hydrogens is 419 g/mol. The normalized spacial score (nSPS) is 12.4. The number of amides is 1. The van der Waals surface area contributed by atoms with Crippen LogP contribution in [-0.4, -0.2) is 32.8 Å². The van der Waals surface area contributed by atoms with Crippen molar-refractivity contribution >= 4 is 21.6 Å². The number of nitrogens with zero attached hydrogens (tertiary/aromatic N) is 1. The van der Waals surface area contributed by atoms with Gasteiger partial charge in [0, 0.05) is 19.2 Å². The third-order valence-corrected chi connectivity index (χ3v) is 6.73. The topological polar surface area (TPSA) is 75.7 Å². The monoisotopic (exact) mass is 442 g/mol. The smallest absolute Gasteiger partial charge is 0.243 e. The van der Waals surface area contributed by atoms with Crippen molar-refractivity contribution in [3.63, 3.8) is 0 Å². The van der Waals surface area contributed by atoms with E-state index < -0.39 is 27.8 Å². The number of nitrogens with one attached hydrogen (secondary N) is 1. The van der Waals surface area contributed by atoms with Gasteiger partial charge in [-0.2, -0.15) is 4.31 Å². The Morgan fingerprint density at radius 2 is 1.71 bits per heavy atom. The summed E-state index contributed by atoms with van der Waals surface area (Å²) in [6.45, 7) is 0. The maximum atomic E-state index is 13.4. The average Bonchev–Trinajstić information content (AvgIpc) is 2.77. The van der Waals surface area contributed by atoms with Gasteiger partial charge in [0.25, 0.3) is 0 Å². The lowest BCUT2D eigenvalue weighted by Crippen LogP contribution is -2.33. The summed E-state index contributed by atoms with van der Waals surface area (Å²) < 4.78 is 46.1. The van der Waals surface area contributed by atoms with Crippen LogP contribution in [0.25, 0.3) is 0 Å². The molecule has 8 heteroatoms. The van der Waals surface area contributed by atoms with E-state index in [1.807, 2.05) is 0 Å². The molecule has 0 bridgehead atoms. The second-order valence-electron chi connectivity index (χ2n) is 6.89. The molecule has 0 saturated carbocycles. The van der Waals surface area contributed by atoms with Gasteiger partial charge in [-0.05, 0) is 48.0 Å². The SMILES string of the molecule is COc1ccc([C@H](CC(=O)Nc2cccc(F)c2)N(C)S(=O)(=O)c2ccccc2)cc1. The van der Waals surface area contributed by atoms with Crippen LogP contribution in [0.2, 0.25) is 0 Å². The van der Waals surface area contributed by atoms with Gasteiger partial charge in [-0.15, -0.1) is 0 Å². The van der Waals surface area contributed by atoms with E-state index in [4.69, 9.17) is 4.74 Å². The lowest BCUT2D eigenvalue weighted by atomic mass is 10.0. The Balaban J connectivity index is 1.91. The van der Waals surface area contributed by atoms with Gasteiger partial charge in [0.2, 0.25) is 15.9 Å². The number of carbonyl (C=O) groups is 1. The molecular formula is C23H23FN2O4S. The molecule has 31 heavy (non-hydrogen) atoms. The number of sulfonamides is 1. The van der Waals surface area contributed by atoms with Crippen molar-refractivity contribution in [1.82, 2.24) is 4.31 Å². The molecule has 0 fully saturated rings. The third kappa shape index (κ3) is 5.48. The van der Waals surface area contributed by atoms with Crippen LogP contribution in [0.5, 0.6) is 5.75 Å². The molecule has 0 aliphatic heterocycles. The Morgan fingerprint density at radius 3 is 2.32 bits per heavy atom. The first-order valence-corrected chi connectivity index (χ1v) is 11.0. The van der Waals surface area contributed by atoms with Crippen molar-refractivity contribution in [2.45, 2.75) is 17.4 Å². The molecule has 1 N–H and O–H groups in total. The maximum absolute atomic E-state index is 13.4.